The SMILES string of the molecule is C=CCOCC(COc1ccc(CCCCCCCCC)cc1)OC(CO)S(=O)(=O)ON. The first kappa shape index (κ1) is 28.5. The van der Waals surface area contributed by atoms with E-state index >= 15 is 0 Å². The van der Waals surface area contributed by atoms with Crippen LogP contribution in [-0.2, 0) is 30.3 Å². The number of aliphatic hydroxyl groups excluding tert-OH is 1. The van der Waals surface area contributed by atoms with Crippen LogP contribution < -0.4 is 10.6 Å². The van der Waals surface area contributed by atoms with Crippen LogP contribution in [-0.4, -0.2) is 51.5 Å². The number of aliphatic hydroxyl groups is 1. The minimum Gasteiger partial charge on any atom is -0.491 e. The molecule has 0 saturated carbocycles. The molecule has 0 aliphatic rings. The summed E-state index contributed by atoms with van der Waals surface area (Å²) in [5.41, 5.74) is -0.391. The lowest BCUT2D eigenvalue weighted by molar-refractivity contribution is -0.0604. The normalized spacial score (nSPS) is 13.6. The van der Waals surface area contributed by atoms with Crippen LogP contribution in [0, 0.1) is 0 Å². The second-order valence-electron chi connectivity index (χ2n) is 7.61. The van der Waals surface area contributed by atoms with Crippen molar-refractivity contribution in [1.82, 2.24) is 0 Å². The fourth-order valence-electron chi connectivity index (χ4n) is 3.12. The van der Waals surface area contributed by atoms with Crippen molar-refractivity contribution in [2.75, 3.05) is 26.4 Å². The zero-order chi connectivity index (χ0) is 23.7. The Labute approximate surface area is 192 Å². The molecule has 0 spiro atoms. The van der Waals surface area contributed by atoms with Crippen molar-refractivity contribution in [1.29, 1.82) is 0 Å². The van der Waals surface area contributed by atoms with Crippen LogP contribution in [0.5, 0.6) is 5.75 Å². The molecule has 0 heterocycles. The van der Waals surface area contributed by atoms with Gasteiger partial charge in [0, 0.05) is 0 Å². The monoisotopic (exact) mass is 473 g/mol. The molecule has 2 unspecified atom stereocenters. The lowest BCUT2D eigenvalue weighted by Gasteiger charge is -2.22. The van der Waals surface area contributed by atoms with Crippen LogP contribution in [0.25, 0.3) is 0 Å². The van der Waals surface area contributed by atoms with Crippen LogP contribution in [0.1, 0.15) is 57.4 Å². The highest BCUT2D eigenvalue weighted by Crippen LogP contribution is 2.17. The highest BCUT2D eigenvalue weighted by Gasteiger charge is 2.30. The van der Waals surface area contributed by atoms with Gasteiger partial charge in [0.25, 0.3) is 0 Å². The van der Waals surface area contributed by atoms with Crippen molar-refractivity contribution in [3.8, 4) is 5.75 Å². The van der Waals surface area contributed by atoms with E-state index in [0.717, 1.165) is 6.42 Å². The van der Waals surface area contributed by atoms with E-state index in [1.165, 1.54) is 50.5 Å². The van der Waals surface area contributed by atoms with E-state index in [9.17, 15) is 13.5 Å². The van der Waals surface area contributed by atoms with E-state index in [2.05, 4.69) is 17.8 Å². The van der Waals surface area contributed by atoms with Gasteiger partial charge < -0.3 is 19.3 Å². The van der Waals surface area contributed by atoms with E-state index in [1.54, 1.807) is 6.08 Å². The first-order valence-electron chi connectivity index (χ1n) is 11.3. The maximum absolute atomic E-state index is 11.8. The summed E-state index contributed by atoms with van der Waals surface area (Å²) in [6.07, 6.45) is 10.8. The first-order chi connectivity index (χ1) is 15.5. The molecule has 0 fully saturated rings. The van der Waals surface area contributed by atoms with E-state index in [4.69, 9.17) is 20.1 Å². The van der Waals surface area contributed by atoms with Crippen LogP contribution in [0.4, 0.5) is 0 Å². The molecule has 0 amide bonds. The Hall–Kier alpha value is -1.49. The summed E-state index contributed by atoms with van der Waals surface area (Å²) in [6.45, 7) is 5.29. The quantitative estimate of drug-likeness (QED) is 0.168. The molecule has 184 valence electrons. The van der Waals surface area contributed by atoms with Crippen molar-refractivity contribution in [2.24, 2.45) is 5.90 Å². The van der Waals surface area contributed by atoms with Gasteiger partial charge in [0.1, 0.15) is 18.5 Å². The topological polar surface area (TPSA) is 117 Å². The Morgan fingerprint density at radius 2 is 1.72 bits per heavy atom. The van der Waals surface area contributed by atoms with Crippen molar-refractivity contribution in [2.45, 2.75) is 69.8 Å². The highest BCUT2D eigenvalue weighted by molar-refractivity contribution is 7.87. The number of rotatable bonds is 20. The standard InChI is InChI=1S/C23H39NO7S/c1-3-5-6-7-8-9-10-11-20-12-14-21(15-13-20)29-19-22(18-28-16-4-2)30-23(17-25)32(26,27)31-24/h4,12-15,22-23,25H,2-3,5-11,16-19,24H2,1H3. The predicted molar refractivity (Wildman–Crippen MR) is 125 cm³/mol. The third kappa shape index (κ3) is 11.9. The van der Waals surface area contributed by atoms with E-state index < -0.39 is 28.3 Å². The van der Waals surface area contributed by atoms with Gasteiger partial charge in [-0.25, -0.2) is 0 Å². The molecule has 9 heteroatoms. The van der Waals surface area contributed by atoms with Gasteiger partial charge in [-0.2, -0.15) is 18.6 Å². The van der Waals surface area contributed by atoms with E-state index in [-0.39, 0.29) is 19.8 Å². The summed E-state index contributed by atoms with van der Waals surface area (Å²) in [4.78, 5) is 0. The molecule has 0 saturated heterocycles. The summed E-state index contributed by atoms with van der Waals surface area (Å²) in [5.74, 6) is 5.40. The minimum absolute atomic E-state index is 0.0187. The second kappa shape index (κ2) is 17.0. The van der Waals surface area contributed by atoms with Gasteiger partial charge >= 0.3 is 10.1 Å². The number of nitrogens with two attached hydrogens (primary N) is 1. The van der Waals surface area contributed by atoms with Crippen molar-refractivity contribution < 1.29 is 32.0 Å². The van der Waals surface area contributed by atoms with Gasteiger partial charge in [-0.15, -0.1) is 6.58 Å². The molecule has 2 atom stereocenters. The Morgan fingerprint density at radius 1 is 1.06 bits per heavy atom. The zero-order valence-corrected chi connectivity index (χ0v) is 19.9. The summed E-state index contributed by atoms with van der Waals surface area (Å²) < 4.78 is 44.0. The maximum Gasteiger partial charge on any atom is 0.312 e. The van der Waals surface area contributed by atoms with Crippen molar-refractivity contribution in [3.63, 3.8) is 0 Å². The molecule has 3 N–H and O–H groups in total. The second-order valence-corrected chi connectivity index (χ2v) is 9.32. The number of hydrogen-bond acceptors (Lipinski definition) is 8. The van der Waals surface area contributed by atoms with E-state index in [0.29, 0.717) is 5.75 Å². The third-order valence-corrected chi connectivity index (χ3v) is 6.09. The average Bonchev–Trinajstić information content (AvgIpc) is 2.80. The molecule has 0 aromatic heterocycles. The molecular weight excluding hydrogens is 434 g/mol. The lowest BCUT2D eigenvalue weighted by Crippen LogP contribution is -2.39. The smallest absolute Gasteiger partial charge is 0.312 e. The Kier molecular flexibility index (Phi) is 15.2. The summed E-state index contributed by atoms with van der Waals surface area (Å²) in [6, 6.07) is 7.81. The molecule has 1 rings (SSSR count). The molecule has 0 aliphatic heterocycles. The lowest BCUT2D eigenvalue weighted by atomic mass is 10.0. The average molecular weight is 474 g/mol. The van der Waals surface area contributed by atoms with Gasteiger partial charge in [-0.05, 0) is 30.5 Å². The zero-order valence-electron chi connectivity index (χ0n) is 19.1. The number of unbranched alkanes of at least 4 members (excludes halogenated alkanes) is 6. The van der Waals surface area contributed by atoms with Crippen molar-refractivity contribution in [3.05, 3.63) is 42.5 Å². The van der Waals surface area contributed by atoms with Gasteiger partial charge in [0.05, 0.1) is 19.8 Å². The van der Waals surface area contributed by atoms with Gasteiger partial charge in [-0.1, -0.05) is 63.7 Å². The molecule has 0 aliphatic carbocycles. The van der Waals surface area contributed by atoms with Gasteiger partial charge in [0.2, 0.25) is 5.44 Å². The Balaban J connectivity index is 2.51. The largest absolute Gasteiger partial charge is 0.491 e. The molecule has 32 heavy (non-hydrogen) atoms. The van der Waals surface area contributed by atoms with Crippen LogP contribution in [0.2, 0.25) is 0 Å². The first-order valence-corrected chi connectivity index (χ1v) is 12.7. The summed E-state index contributed by atoms with van der Waals surface area (Å²) >= 11 is 0. The Bertz CT molecular complexity index is 710. The third-order valence-electron chi connectivity index (χ3n) is 4.92. The summed E-state index contributed by atoms with van der Waals surface area (Å²) in [7, 11) is -4.27. The molecule has 8 nitrogen and oxygen atoms in total. The predicted octanol–water partition coefficient (Wildman–Crippen LogP) is 3.48. The molecule has 0 radical (unpaired) electrons. The molecule has 0 bridgehead atoms. The minimum atomic E-state index is -4.27. The summed E-state index contributed by atoms with van der Waals surface area (Å²) in [5, 5.41) is 9.33. The highest BCUT2D eigenvalue weighted by atomic mass is 32.2. The Morgan fingerprint density at radius 3 is 2.31 bits per heavy atom. The van der Waals surface area contributed by atoms with E-state index in [1.807, 2.05) is 24.3 Å². The van der Waals surface area contributed by atoms with Crippen molar-refractivity contribution >= 4 is 10.1 Å². The molecular formula is C23H39NO7S. The van der Waals surface area contributed by atoms with Crippen LogP contribution >= 0.6 is 0 Å². The number of ether oxygens (including phenoxy) is 3. The van der Waals surface area contributed by atoms with Gasteiger partial charge in [-0.3, -0.25) is 0 Å². The number of aryl methyl sites for hydroxylation is 1. The maximum atomic E-state index is 11.8. The fraction of sp³-hybridized carbons (Fsp3) is 0.652. The molecule has 1 aromatic rings. The molecule has 1 aromatic carbocycles. The van der Waals surface area contributed by atoms with Crippen LogP contribution in [0.15, 0.2) is 36.9 Å². The fourth-order valence-corrected chi connectivity index (χ4v) is 3.72. The van der Waals surface area contributed by atoms with Crippen LogP contribution in [0.3, 0.4) is 0 Å². The number of benzene rings is 1. The number of hydrogen-bond donors (Lipinski definition) is 2. The van der Waals surface area contributed by atoms with Gasteiger partial charge in [0.15, 0.2) is 0 Å².